The van der Waals surface area contributed by atoms with Crippen LogP contribution in [0.15, 0.2) is 24.3 Å². The first kappa shape index (κ1) is 10.4. The van der Waals surface area contributed by atoms with E-state index in [-0.39, 0.29) is 12.8 Å². The first-order valence-corrected chi connectivity index (χ1v) is 4.13. The van der Waals surface area contributed by atoms with Gasteiger partial charge in [-0.25, -0.2) is 0 Å². The molecule has 4 nitrogen and oxygen atoms in total. The van der Waals surface area contributed by atoms with Crippen molar-refractivity contribution < 1.29 is 19.0 Å². The quantitative estimate of drug-likeness (QED) is 0.542. The van der Waals surface area contributed by atoms with Crippen LogP contribution < -0.4 is 9.47 Å². The van der Waals surface area contributed by atoms with E-state index < -0.39 is 0 Å². The molecule has 0 aliphatic heterocycles. The van der Waals surface area contributed by atoms with Gasteiger partial charge in [0, 0.05) is 6.92 Å². The minimum atomic E-state index is -0.375. The van der Waals surface area contributed by atoms with Gasteiger partial charge >= 0.3 is 5.97 Å². The molecular formula is C10H12O4. The van der Waals surface area contributed by atoms with Crippen LogP contribution in [0.4, 0.5) is 0 Å². The van der Waals surface area contributed by atoms with Gasteiger partial charge in [-0.05, 0) is 12.1 Å². The van der Waals surface area contributed by atoms with E-state index in [1.807, 2.05) is 12.1 Å². The zero-order valence-electron chi connectivity index (χ0n) is 8.15. The Kier molecular flexibility index (Phi) is 3.79. The van der Waals surface area contributed by atoms with Crippen molar-refractivity contribution in [2.24, 2.45) is 0 Å². The fraction of sp³-hybridized carbons (Fsp3) is 0.300. The number of hydrogen-bond donors (Lipinski definition) is 0. The van der Waals surface area contributed by atoms with Gasteiger partial charge in [0.1, 0.15) is 0 Å². The summed E-state index contributed by atoms with van der Waals surface area (Å²) in [4.78, 5) is 10.5. The van der Waals surface area contributed by atoms with E-state index in [4.69, 9.17) is 9.47 Å². The van der Waals surface area contributed by atoms with Crippen molar-refractivity contribution in [1.82, 2.24) is 0 Å². The molecule has 0 saturated carbocycles. The predicted molar refractivity (Wildman–Crippen MR) is 50.3 cm³/mol. The van der Waals surface area contributed by atoms with E-state index in [1.165, 1.54) is 6.92 Å². The number of carbonyl (C=O) groups is 1. The molecular weight excluding hydrogens is 184 g/mol. The van der Waals surface area contributed by atoms with E-state index in [0.717, 1.165) is 0 Å². The van der Waals surface area contributed by atoms with Crippen LogP contribution in [0.2, 0.25) is 0 Å². The normalized spacial score (nSPS) is 9.29. The maximum atomic E-state index is 10.5. The highest BCUT2D eigenvalue weighted by Gasteiger charge is 2.02. The third-order valence-corrected chi connectivity index (χ3v) is 1.55. The van der Waals surface area contributed by atoms with Crippen LogP contribution in [0.1, 0.15) is 6.92 Å². The van der Waals surface area contributed by atoms with Gasteiger partial charge in [0.05, 0.1) is 7.11 Å². The number of esters is 1. The number of methoxy groups -OCH3 is 1. The van der Waals surface area contributed by atoms with E-state index in [2.05, 4.69) is 4.74 Å². The lowest BCUT2D eigenvalue weighted by Gasteiger charge is -2.09. The largest absolute Gasteiger partial charge is 0.493 e. The lowest BCUT2D eigenvalue weighted by Crippen LogP contribution is -2.07. The first-order valence-electron chi connectivity index (χ1n) is 4.13. The third-order valence-electron chi connectivity index (χ3n) is 1.55. The summed E-state index contributed by atoms with van der Waals surface area (Å²) in [6, 6.07) is 7.15. The van der Waals surface area contributed by atoms with Crippen LogP contribution >= 0.6 is 0 Å². The van der Waals surface area contributed by atoms with Crippen molar-refractivity contribution in [3.8, 4) is 11.5 Å². The van der Waals surface area contributed by atoms with Crippen molar-refractivity contribution in [2.75, 3.05) is 13.9 Å². The van der Waals surface area contributed by atoms with Crippen molar-refractivity contribution in [1.29, 1.82) is 0 Å². The second-order valence-corrected chi connectivity index (χ2v) is 2.55. The van der Waals surface area contributed by atoms with Crippen LogP contribution in [0.25, 0.3) is 0 Å². The van der Waals surface area contributed by atoms with Gasteiger partial charge in [-0.2, -0.15) is 0 Å². The Balaban J connectivity index is 2.53. The summed E-state index contributed by atoms with van der Waals surface area (Å²) in [6.45, 7) is 1.22. The highest BCUT2D eigenvalue weighted by molar-refractivity contribution is 5.65. The van der Waals surface area contributed by atoms with E-state index >= 15 is 0 Å². The molecule has 1 rings (SSSR count). The van der Waals surface area contributed by atoms with Crippen LogP contribution in [0.3, 0.4) is 0 Å². The number of rotatable bonds is 4. The zero-order chi connectivity index (χ0) is 10.4. The van der Waals surface area contributed by atoms with Crippen molar-refractivity contribution in [3.05, 3.63) is 24.3 Å². The Labute approximate surface area is 82.4 Å². The van der Waals surface area contributed by atoms with Gasteiger partial charge in [0.25, 0.3) is 0 Å². The molecule has 1 aromatic carbocycles. The summed E-state index contributed by atoms with van der Waals surface area (Å²) < 4.78 is 14.8. The van der Waals surface area contributed by atoms with Crippen LogP contribution in [-0.2, 0) is 9.53 Å². The average molecular weight is 196 g/mol. The van der Waals surface area contributed by atoms with Gasteiger partial charge in [-0.15, -0.1) is 0 Å². The Hall–Kier alpha value is -1.71. The number of hydrogen-bond acceptors (Lipinski definition) is 4. The SMILES string of the molecule is COc1ccccc1OCOC(C)=O. The molecule has 0 aromatic heterocycles. The lowest BCUT2D eigenvalue weighted by molar-refractivity contribution is -0.147. The summed E-state index contributed by atoms with van der Waals surface area (Å²) in [6.07, 6.45) is 0. The molecule has 0 bridgehead atoms. The fourth-order valence-corrected chi connectivity index (χ4v) is 0.914. The summed E-state index contributed by atoms with van der Waals surface area (Å²) in [5.41, 5.74) is 0. The van der Waals surface area contributed by atoms with Crippen LogP contribution in [0, 0.1) is 0 Å². The van der Waals surface area contributed by atoms with Crippen LogP contribution in [-0.4, -0.2) is 19.9 Å². The molecule has 4 heteroatoms. The molecule has 1 aromatic rings. The molecule has 14 heavy (non-hydrogen) atoms. The molecule has 0 aliphatic rings. The highest BCUT2D eigenvalue weighted by atomic mass is 16.7. The average Bonchev–Trinajstić information content (AvgIpc) is 2.18. The van der Waals surface area contributed by atoms with Crippen molar-refractivity contribution >= 4 is 5.97 Å². The molecule has 0 spiro atoms. The van der Waals surface area contributed by atoms with Crippen molar-refractivity contribution in [2.45, 2.75) is 6.92 Å². The van der Waals surface area contributed by atoms with Gasteiger partial charge in [0.15, 0.2) is 11.5 Å². The Morgan fingerprint density at radius 3 is 2.50 bits per heavy atom. The summed E-state index contributed by atoms with van der Waals surface area (Å²) in [5, 5.41) is 0. The maximum absolute atomic E-state index is 10.5. The molecule has 0 N–H and O–H groups in total. The minimum Gasteiger partial charge on any atom is -0.493 e. The molecule has 0 heterocycles. The van der Waals surface area contributed by atoms with E-state index in [9.17, 15) is 4.79 Å². The number of carbonyl (C=O) groups excluding carboxylic acids is 1. The topological polar surface area (TPSA) is 44.8 Å². The molecule has 0 atom stereocenters. The standard InChI is InChI=1S/C10H12O4/c1-8(11)13-7-14-10-6-4-3-5-9(10)12-2/h3-6H,7H2,1-2H3. The third kappa shape index (κ3) is 2.97. The van der Waals surface area contributed by atoms with Gasteiger partial charge < -0.3 is 14.2 Å². The molecule has 0 fully saturated rings. The molecule has 0 aliphatic carbocycles. The Morgan fingerprint density at radius 2 is 1.93 bits per heavy atom. The monoisotopic (exact) mass is 196 g/mol. The van der Waals surface area contributed by atoms with Gasteiger partial charge in [-0.3, -0.25) is 4.79 Å². The Bertz CT molecular complexity index is 309. The number of benzene rings is 1. The molecule has 0 radical (unpaired) electrons. The second-order valence-electron chi connectivity index (χ2n) is 2.55. The fourth-order valence-electron chi connectivity index (χ4n) is 0.914. The summed E-state index contributed by atoms with van der Waals surface area (Å²) >= 11 is 0. The molecule has 0 amide bonds. The smallest absolute Gasteiger partial charge is 0.305 e. The Morgan fingerprint density at radius 1 is 1.29 bits per heavy atom. The molecule has 0 unspecified atom stereocenters. The number of ether oxygens (including phenoxy) is 3. The first-order chi connectivity index (χ1) is 6.74. The van der Waals surface area contributed by atoms with Crippen LogP contribution in [0.5, 0.6) is 11.5 Å². The van der Waals surface area contributed by atoms with Gasteiger partial charge in [-0.1, -0.05) is 12.1 Å². The lowest BCUT2D eigenvalue weighted by atomic mass is 10.3. The minimum absolute atomic E-state index is 0.101. The van der Waals surface area contributed by atoms with Gasteiger partial charge in [0.2, 0.25) is 6.79 Å². The summed E-state index contributed by atoms with van der Waals surface area (Å²) in [5.74, 6) is 0.788. The molecule has 76 valence electrons. The highest BCUT2D eigenvalue weighted by Crippen LogP contribution is 2.25. The second kappa shape index (κ2) is 5.11. The summed E-state index contributed by atoms with van der Waals surface area (Å²) in [7, 11) is 1.55. The predicted octanol–water partition coefficient (Wildman–Crippen LogP) is 1.59. The number of para-hydroxylation sites is 2. The van der Waals surface area contributed by atoms with E-state index in [0.29, 0.717) is 11.5 Å². The molecule has 0 saturated heterocycles. The maximum Gasteiger partial charge on any atom is 0.305 e. The van der Waals surface area contributed by atoms with E-state index in [1.54, 1.807) is 19.2 Å². The zero-order valence-corrected chi connectivity index (χ0v) is 8.15. The van der Waals surface area contributed by atoms with Crippen molar-refractivity contribution in [3.63, 3.8) is 0 Å².